The highest BCUT2D eigenvalue weighted by molar-refractivity contribution is 6.33. The van der Waals surface area contributed by atoms with Gasteiger partial charge in [-0.3, -0.25) is 9.78 Å². The largest absolute Gasteiger partial charge is 0.354 e. The summed E-state index contributed by atoms with van der Waals surface area (Å²) in [5.74, 6) is -1.77. The molecule has 1 N–H and O–H groups in total. The Morgan fingerprint density at radius 1 is 1.07 bits per heavy atom. The van der Waals surface area contributed by atoms with E-state index >= 15 is 4.39 Å². The number of halogens is 3. The molecule has 2 heterocycles. The number of hydrogen-bond acceptors (Lipinski definition) is 3. The third-order valence-electron chi connectivity index (χ3n) is 4.36. The number of pyridine rings is 2. The molecule has 0 aliphatic heterocycles. The van der Waals surface area contributed by atoms with Crippen molar-refractivity contribution in [1.82, 2.24) is 9.97 Å². The summed E-state index contributed by atoms with van der Waals surface area (Å²) in [5, 5.41) is 9.10. The molecule has 0 amide bonds. The zero-order valence-electron chi connectivity index (χ0n) is 14.1. The highest BCUT2D eigenvalue weighted by Crippen LogP contribution is 2.32. The van der Waals surface area contributed by atoms with Gasteiger partial charge in [0, 0.05) is 29.0 Å². The fourth-order valence-electron chi connectivity index (χ4n) is 3.07. The van der Waals surface area contributed by atoms with E-state index in [4.69, 9.17) is 16.9 Å². The lowest BCUT2D eigenvalue weighted by atomic mass is 10.0. The predicted octanol–water partition coefficient (Wildman–Crippen LogP) is 5.06. The molecule has 0 radical (unpaired) electrons. The maximum absolute atomic E-state index is 15.1. The first-order chi connectivity index (χ1) is 13.5. The van der Waals surface area contributed by atoms with Crippen molar-refractivity contribution >= 4 is 22.5 Å². The van der Waals surface area contributed by atoms with E-state index in [1.165, 1.54) is 48.8 Å². The molecule has 0 fully saturated rings. The molecule has 4 aromatic rings. The van der Waals surface area contributed by atoms with Crippen molar-refractivity contribution in [2.24, 2.45) is 0 Å². The van der Waals surface area contributed by atoms with Crippen molar-refractivity contribution in [3.05, 3.63) is 87.3 Å². The van der Waals surface area contributed by atoms with Crippen LogP contribution in [0.3, 0.4) is 0 Å². The summed E-state index contributed by atoms with van der Waals surface area (Å²) in [7, 11) is 0. The minimum atomic E-state index is -0.953. The van der Waals surface area contributed by atoms with Gasteiger partial charge in [0.1, 0.15) is 11.6 Å². The molecule has 7 heteroatoms. The van der Waals surface area contributed by atoms with E-state index in [-0.39, 0.29) is 27.7 Å². The molecule has 4 nitrogen and oxygen atoms in total. The first kappa shape index (κ1) is 17.8. The molecule has 0 saturated heterocycles. The monoisotopic (exact) mass is 393 g/mol. The van der Waals surface area contributed by atoms with Crippen LogP contribution in [-0.4, -0.2) is 9.97 Å². The van der Waals surface area contributed by atoms with E-state index in [0.29, 0.717) is 16.1 Å². The molecule has 0 spiro atoms. The number of nitrogens with zero attached hydrogens (tertiary/aromatic N) is 2. The molecule has 0 saturated carbocycles. The SMILES string of the molecule is N#Cc1ccc(Cl)c(-c2cc(=O)c3c(F)c(-c4ccncc4)c(F)cc3[nH]2)c1. The van der Waals surface area contributed by atoms with Crippen molar-refractivity contribution in [3.8, 4) is 28.5 Å². The standard InChI is InChI=1S/C21H10ClF2N3O/c22-14-2-1-11(10-25)7-13(14)16-9-18(28)20-17(27-16)8-15(23)19(21(20)24)12-3-5-26-6-4-12/h1-9H,(H,27,28). The van der Waals surface area contributed by atoms with Crippen molar-refractivity contribution in [2.75, 3.05) is 0 Å². The number of hydrogen-bond donors (Lipinski definition) is 1. The number of aromatic amines is 1. The van der Waals surface area contributed by atoms with E-state index in [1.807, 2.05) is 6.07 Å². The van der Waals surface area contributed by atoms with Crippen LogP contribution >= 0.6 is 11.6 Å². The van der Waals surface area contributed by atoms with Gasteiger partial charge in [0.15, 0.2) is 5.43 Å². The topological polar surface area (TPSA) is 69.5 Å². The number of H-pyrrole nitrogens is 1. The van der Waals surface area contributed by atoms with Gasteiger partial charge in [0.05, 0.1) is 33.8 Å². The molecule has 4 rings (SSSR count). The van der Waals surface area contributed by atoms with Crippen LogP contribution in [0.2, 0.25) is 5.02 Å². The van der Waals surface area contributed by atoms with Gasteiger partial charge in [-0.05, 0) is 42.0 Å². The fourth-order valence-corrected chi connectivity index (χ4v) is 3.29. The lowest BCUT2D eigenvalue weighted by Gasteiger charge is -2.11. The highest BCUT2D eigenvalue weighted by Gasteiger charge is 2.19. The number of benzene rings is 2. The Morgan fingerprint density at radius 3 is 2.54 bits per heavy atom. The van der Waals surface area contributed by atoms with E-state index < -0.39 is 17.1 Å². The lowest BCUT2D eigenvalue weighted by Crippen LogP contribution is -2.08. The summed E-state index contributed by atoms with van der Waals surface area (Å²) in [5.41, 5.74) is 0.334. The molecule has 28 heavy (non-hydrogen) atoms. The van der Waals surface area contributed by atoms with E-state index in [0.717, 1.165) is 6.07 Å². The first-order valence-corrected chi connectivity index (χ1v) is 8.53. The van der Waals surface area contributed by atoms with Gasteiger partial charge >= 0.3 is 0 Å². The van der Waals surface area contributed by atoms with Gasteiger partial charge < -0.3 is 4.98 Å². The van der Waals surface area contributed by atoms with Gasteiger partial charge in [-0.2, -0.15) is 5.26 Å². The Bertz CT molecular complexity index is 1330. The average Bonchev–Trinajstić information content (AvgIpc) is 2.68. The molecule has 0 aliphatic rings. The second-order valence-corrected chi connectivity index (χ2v) is 6.47. The van der Waals surface area contributed by atoms with Crippen LogP contribution in [0.1, 0.15) is 5.56 Å². The molecular weight excluding hydrogens is 384 g/mol. The summed E-state index contributed by atoms with van der Waals surface area (Å²) < 4.78 is 29.7. The van der Waals surface area contributed by atoms with Crippen LogP contribution in [0.4, 0.5) is 8.78 Å². The Labute approximate surface area is 162 Å². The number of aromatic nitrogens is 2. The highest BCUT2D eigenvalue weighted by atomic mass is 35.5. The molecule has 136 valence electrons. The molecule has 2 aromatic carbocycles. The smallest absolute Gasteiger partial charge is 0.193 e. The first-order valence-electron chi connectivity index (χ1n) is 8.15. The third kappa shape index (κ3) is 2.92. The summed E-state index contributed by atoms with van der Waals surface area (Å²) in [4.78, 5) is 19.3. The number of nitrogens with one attached hydrogen (secondary N) is 1. The Morgan fingerprint density at radius 2 is 1.82 bits per heavy atom. The molecule has 0 aliphatic carbocycles. The van der Waals surface area contributed by atoms with Crippen molar-refractivity contribution < 1.29 is 8.78 Å². The maximum Gasteiger partial charge on any atom is 0.193 e. The van der Waals surface area contributed by atoms with E-state index in [1.54, 1.807) is 0 Å². The summed E-state index contributed by atoms with van der Waals surface area (Å²) in [6.45, 7) is 0. The van der Waals surface area contributed by atoms with E-state index in [9.17, 15) is 9.18 Å². The van der Waals surface area contributed by atoms with Crippen LogP contribution < -0.4 is 5.43 Å². The van der Waals surface area contributed by atoms with Crippen LogP contribution in [0, 0.1) is 23.0 Å². The fraction of sp³-hybridized carbons (Fsp3) is 0. The normalized spacial score (nSPS) is 10.8. The minimum Gasteiger partial charge on any atom is -0.354 e. The zero-order chi connectivity index (χ0) is 19.8. The second-order valence-electron chi connectivity index (χ2n) is 6.06. The van der Waals surface area contributed by atoms with Crippen molar-refractivity contribution in [2.45, 2.75) is 0 Å². The van der Waals surface area contributed by atoms with Gasteiger partial charge in [-0.25, -0.2) is 8.78 Å². The van der Waals surface area contributed by atoms with Crippen LogP contribution in [-0.2, 0) is 0 Å². The predicted molar refractivity (Wildman–Crippen MR) is 103 cm³/mol. The van der Waals surface area contributed by atoms with Crippen molar-refractivity contribution in [3.63, 3.8) is 0 Å². The van der Waals surface area contributed by atoms with E-state index in [2.05, 4.69) is 9.97 Å². The quantitative estimate of drug-likeness (QED) is 0.517. The molecule has 2 aromatic heterocycles. The summed E-state index contributed by atoms with van der Waals surface area (Å²) >= 11 is 6.17. The minimum absolute atomic E-state index is 0.00580. The van der Waals surface area contributed by atoms with Gasteiger partial charge in [-0.1, -0.05) is 11.6 Å². The Hall–Kier alpha value is -3.56. The van der Waals surface area contributed by atoms with Crippen molar-refractivity contribution in [1.29, 1.82) is 5.26 Å². The van der Waals surface area contributed by atoms with Gasteiger partial charge in [-0.15, -0.1) is 0 Å². The molecular formula is C21H10ClF2N3O. The van der Waals surface area contributed by atoms with Gasteiger partial charge in [0.25, 0.3) is 0 Å². The maximum atomic E-state index is 15.1. The third-order valence-corrected chi connectivity index (χ3v) is 4.69. The number of rotatable bonds is 2. The Balaban J connectivity index is 2.00. The average molecular weight is 394 g/mol. The van der Waals surface area contributed by atoms with Gasteiger partial charge in [0.2, 0.25) is 0 Å². The zero-order valence-corrected chi connectivity index (χ0v) is 14.9. The molecule has 0 atom stereocenters. The van der Waals surface area contributed by atoms with Crippen LogP contribution in [0.15, 0.2) is 59.7 Å². The van der Waals surface area contributed by atoms with Crippen LogP contribution in [0.25, 0.3) is 33.3 Å². The molecule has 0 unspecified atom stereocenters. The number of fused-ring (bicyclic) bond motifs is 1. The van der Waals surface area contributed by atoms with Crippen LogP contribution in [0.5, 0.6) is 0 Å². The summed E-state index contributed by atoms with van der Waals surface area (Å²) in [6.07, 6.45) is 2.83. The molecule has 0 bridgehead atoms. The Kier molecular flexibility index (Phi) is 4.38. The number of nitriles is 1. The second kappa shape index (κ2) is 6.87. The summed E-state index contributed by atoms with van der Waals surface area (Å²) in [6, 6.07) is 11.7. The lowest BCUT2D eigenvalue weighted by molar-refractivity contribution is 0.597.